The van der Waals surface area contributed by atoms with Crippen LogP contribution in [0, 0.1) is 0 Å². The van der Waals surface area contributed by atoms with Crippen molar-refractivity contribution in [2.45, 2.75) is 6.42 Å². The summed E-state index contributed by atoms with van der Waals surface area (Å²) < 4.78 is 0. The maximum Gasteiger partial charge on any atom is 0.207 e. The first-order valence-corrected chi connectivity index (χ1v) is 8.13. The minimum absolute atomic E-state index is 0.152. The number of nitrogens with one attached hydrogen (secondary N) is 3. The molecule has 0 bridgehead atoms. The molecule has 0 heterocycles. The second-order valence-corrected chi connectivity index (χ2v) is 5.72. The Balaban J connectivity index is 2.00. The summed E-state index contributed by atoms with van der Waals surface area (Å²) in [6.07, 6.45) is 1.36. The Hall–Kier alpha value is -3.15. The van der Waals surface area contributed by atoms with Crippen molar-refractivity contribution in [1.82, 2.24) is 5.32 Å². The van der Waals surface area contributed by atoms with Crippen molar-refractivity contribution < 1.29 is 14.4 Å². The van der Waals surface area contributed by atoms with Crippen LogP contribution in [0.1, 0.15) is 38.3 Å². The van der Waals surface area contributed by atoms with Crippen molar-refractivity contribution in [3.05, 3.63) is 58.7 Å². The number of carbonyl (C=O) groups is 3. The van der Waals surface area contributed by atoms with Gasteiger partial charge in [-0.3, -0.25) is 14.4 Å². The highest BCUT2D eigenvalue weighted by molar-refractivity contribution is 6.31. The first-order chi connectivity index (χ1) is 12.2. The molecular formula is C19H19N3O3. The third kappa shape index (κ3) is 2.98. The van der Waals surface area contributed by atoms with E-state index in [1.165, 1.54) is 0 Å². The zero-order valence-electron chi connectivity index (χ0n) is 13.9. The highest BCUT2D eigenvalue weighted by Crippen LogP contribution is 2.36. The molecule has 128 valence electrons. The quantitative estimate of drug-likeness (QED) is 0.454. The van der Waals surface area contributed by atoms with E-state index in [1.54, 1.807) is 43.4 Å². The summed E-state index contributed by atoms with van der Waals surface area (Å²) in [5, 5.41) is 8.80. The molecule has 1 aliphatic carbocycles. The van der Waals surface area contributed by atoms with Crippen LogP contribution in [0.25, 0.3) is 0 Å². The first kappa shape index (κ1) is 16.7. The SMILES string of the molecule is CNc1ccc(NCCCNC=O)c2c1C(=O)c1ccccc1C2=O. The monoisotopic (exact) mass is 337 g/mol. The molecular weight excluding hydrogens is 318 g/mol. The Kier molecular flexibility index (Phi) is 4.79. The van der Waals surface area contributed by atoms with E-state index in [0.29, 0.717) is 59.5 Å². The van der Waals surface area contributed by atoms with E-state index in [-0.39, 0.29) is 11.6 Å². The number of anilines is 2. The molecule has 0 radical (unpaired) electrons. The van der Waals surface area contributed by atoms with Gasteiger partial charge < -0.3 is 16.0 Å². The summed E-state index contributed by atoms with van der Waals surface area (Å²) in [7, 11) is 1.73. The van der Waals surface area contributed by atoms with Gasteiger partial charge in [0.05, 0.1) is 11.1 Å². The van der Waals surface area contributed by atoms with Crippen LogP contribution >= 0.6 is 0 Å². The molecule has 1 aliphatic rings. The Morgan fingerprint density at radius 3 is 2.08 bits per heavy atom. The minimum Gasteiger partial charge on any atom is -0.388 e. The molecule has 0 spiro atoms. The van der Waals surface area contributed by atoms with Crippen LogP contribution in [0.4, 0.5) is 11.4 Å². The first-order valence-electron chi connectivity index (χ1n) is 8.13. The molecule has 0 saturated heterocycles. The van der Waals surface area contributed by atoms with Gasteiger partial charge in [0.15, 0.2) is 11.6 Å². The van der Waals surface area contributed by atoms with Crippen molar-refractivity contribution in [1.29, 1.82) is 0 Å². The number of hydrogen-bond donors (Lipinski definition) is 3. The lowest BCUT2D eigenvalue weighted by Crippen LogP contribution is -2.24. The van der Waals surface area contributed by atoms with Gasteiger partial charge in [0, 0.05) is 42.6 Å². The molecule has 2 aromatic rings. The van der Waals surface area contributed by atoms with E-state index < -0.39 is 0 Å². The molecule has 1 amide bonds. The number of ketones is 2. The third-order valence-electron chi connectivity index (χ3n) is 4.24. The number of fused-ring (bicyclic) bond motifs is 2. The largest absolute Gasteiger partial charge is 0.388 e. The van der Waals surface area contributed by atoms with E-state index in [0.717, 1.165) is 0 Å². The van der Waals surface area contributed by atoms with Crippen molar-refractivity contribution >= 4 is 29.4 Å². The molecule has 6 nitrogen and oxygen atoms in total. The fraction of sp³-hybridized carbons (Fsp3) is 0.211. The third-order valence-corrected chi connectivity index (χ3v) is 4.24. The van der Waals surface area contributed by atoms with Gasteiger partial charge in [-0.2, -0.15) is 0 Å². The molecule has 3 rings (SSSR count). The van der Waals surface area contributed by atoms with Gasteiger partial charge in [-0.15, -0.1) is 0 Å². The fourth-order valence-electron chi connectivity index (χ4n) is 3.05. The van der Waals surface area contributed by atoms with Crippen molar-refractivity contribution in [2.24, 2.45) is 0 Å². The van der Waals surface area contributed by atoms with E-state index in [9.17, 15) is 14.4 Å². The molecule has 0 saturated carbocycles. The van der Waals surface area contributed by atoms with Gasteiger partial charge in [-0.1, -0.05) is 24.3 Å². The molecule has 3 N–H and O–H groups in total. The highest BCUT2D eigenvalue weighted by Gasteiger charge is 2.33. The minimum atomic E-state index is -0.157. The van der Waals surface area contributed by atoms with Crippen molar-refractivity contribution in [3.63, 3.8) is 0 Å². The summed E-state index contributed by atoms with van der Waals surface area (Å²) >= 11 is 0. The van der Waals surface area contributed by atoms with E-state index in [1.807, 2.05) is 0 Å². The molecule has 0 aliphatic heterocycles. The van der Waals surface area contributed by atoms with Crippen LogP contribution in [0.3, 0.4) is 0 Å². The van der Waals surface area contributed by atoms with Gasteiger partial charge >= 0.3 is 0 Å². The molecule has 0 aromatic heterocycles. The Labute approximate surface area is 145 Å². The van der Waals surface area contributed by atoms with Crippen LogP contribution in [0.2, 0.25) is 0 Å². The number of benzene rings is 2. The smallest absolute Gasteiger partial charge is 0.207 e. The Bertz CT molecular complexity index is 846. The standard InChI is InChI=1S/C19H19N3O3/c1-20-14-7-8-15(22-10-4-9-21-11-23)17-16(14)18(24)12-5-2-3-6-13(12)19(17)25/h2-3,5-8,11,20,22H,4,9-10H2,1H3,(H,21,23). The average molecular weight is 337 g/mol. The van der Waals surface area contributed by atoms with Crippen molar-refractivity contribution in [2.75, 3.05) is 30.8 Å². The zero-order chi connectivity index (χ0) is 17.8. The lowest BCUT2D eigenvalue weighted by molar-refractivity contribution is -0.109. The van der Waals surface area contributed by atoms with Crippen molar-refractivity contribution in [3.8, 4) is 0 Å². The van der Waals surface area contributed by atoms with Gasteiger partial charge in [-0.25, -0.2) is 0 Å². The normalized spacial score (nSPS) is 12.2. The predicted molar refractivity (Wildman–Crippen MR) is 96.5 cm³/mol. The maximum atomic E-state index is 13.0. The molecule has 2 aromatic carbocycles. The molecule has 6 heteroatoms. The van der Waals surface area contributed by atoms with Gasteiger partial charge in [0.25, 0.3) is 0 Å². The second kappa shape index (κ2) is 7.17. The van der Waals surface area contributed by atoms with E-state index in [4.69, 9.17) is 0 Å². The fourth-order valence-corrected chi connectivity index (χ4v) is 3.05. The van der Waals surface area contributed by atoms with Crippen LogP contribution in [0.5, 0.6) is 0 Å². The van der Waals surface area contributed by atoms with E-state index in [2.05, 4.69) is 16.0 Å². The number of hydrogen-bond acceptors (Lipinski definition) is 5. The Morgan fingerprint density at radius 2 is 1.48 bits per heavy atom. The second-order valence-electron chi connectivity index (χ2n) is 5.72. The van der Waals surface area contributed by atoms with Crippen LogP contribution in [-0.2, 0) is 4.79 Å². The lowest BCUT2D eigenvalue weighted by Gasteiger charge is -2.23. The summed E-state index contributed by atoms with van der Waals surface area (Å²) in [4.78, 5) is 36.2. The summed E-state index contributed by atoms with van der Waals surface area (Å²) in [5.74, 6) is -0.309. The van der Waals surface area contributed by atoms with Gasteiger partial charge in [0.2, 0.25) is 6.41 Å². The Morgan fingerprint density at radius 1 is 0.880 bits per heavy atom. The predicted octanol–water partition coefficient (Wildman–Crippen LogP) is 2.05. The topological polar surface area (TPSA) is 87.3 Å². The van der Waals surface area contributed by atoms with Crippen LogP contribution in [-0.4, -0.2) is 38.1 Å². The van der Waals surface area contributed by atoms with Gasteiger partial charge in [-0.05, 0) is 18.6 Å². The summed E-state index contributed by atoms with van der Waals surface area (Å²) in [6, 6.07) is 10.5. The number of carbonyl (C=O) groups excluding carboxylic acids is 3. The molecule has 0 atom stereocenters. The molecule has 25 heavy (non-hydrogen) atoms. The zero-order valence-corrected chi connectivity index (χ0v) is 13.9. The summed E-state index contributed by atoms with van der Waals surface area (Å²) in [5.41, 5.74) is 2.94. The highest BCUT2D eigenvalue weighted by atomic mass is 16.1. The molecule has 0 unspecified atom stereocenters. The lowest BCUT2D eigenvalue weighted by atomic mass is 9.82. The van der Waals surface area contributed by atoms with Gasteiger partial charge in [0.1, 0.15) is 0 Å². The maximum absolute atomic E-state index is 13.0. The van der Waals surface area contributed by atoms with E-state index >= 15 is 0 Å². The van der Waals surface area contributed by atoms with Crippen LogP contribution < -0.4 is 16.0 Å². The molecule has 0 fully saturated rings. The average Bonchev–Trinajstić information content (AvgIpc) is 2.65. The number of rotatable bonds is 7. The number of amides is 1. The summed E-state index contributed by atoms with van der Waals surface area (Å²) in [6.45, 7) is 1.12. The van der Waals surface area contributed by atoms with Crippen LogP contribution in [0.15, 0.2) is 36.4 Å².